The minimum Gasteiger partial charge on any atom is -0.493 e. The number of hydrogen-bond acceptors (Lipinski definition) is 4. The second kappa shape index (κ2) is 9.12. The number of rotatable bonds is 6. The van der Waals surface area contributed by atoms with E-state index >= 15 is 0 Å². The van der Waals surface area contributed by atoms with E-state index < -0.39 is 0 Å². The van der Waals surface area contributed by atoms with Crippen LogP contribution in [0, 0.1) is 0 Å². The topological polar surface area (TPSA) is 76.6 Å². The lowest BCUT2D eigenvalue weighted by Gasteiger charge is -2.32. The van der Waals surface area contributed by atoms with Gasteiger partial charge in [0.15, 0.2) is 18.1 Å². The van der Waals surface area contributed by atoms with Gasteiger partial charge in [0, 0.05) is 19.1 Å². The summed E-state index contributed by atoms with van der Waals surface area (Å²) < 4.78 is 13.0. The van der Waals surface area contributed by atoms with E-state index in [1.807, 2.05) is 66.1 Å². The van der Waals surface area contributed by atoms with E-state index in [2.05, 4.69) is 4.98 Å². The molecule has 162 valence electrons. The highest BCUT2D eigenvalue weighted by molar-refractivity contribution is 5.78. The van der Waals surface area contributed by atoms with Gasteiger partial charge in [-0.15, -0.1) is 0 Å². The van der Waals surface area contributed by atoms with Gasteiger partial charge < -0.3 is 19.4 Å². The number of likely N-dealkylation sites (tertiary alicyclic amines) is 1. The van der Waals surface area contributed by atoms with E-state index in [0.717, 1.165) is 29.4 Å². The summed E-state index contributed by atoms with van der Waals surface area (Å²) in [5.74, 6) is 1.08. The third kappa shape index (κ3) is 4.35. The number of hydrogen-bond donors (Lipinski definition) is 1. The number of ether oxygens (including phenoxy) is 2. The van der Waals surface area contributed by atoms with Crippen LogP contribution in [0.4, 0.5) is 0 Å². The average molecular weight is 421 g/mol. The van der Waals surface area contributed by atoms with Crippen molar-refractivity contribution in [2.24, 2.45) is 0 Å². The van der Waals surface area contributed by atoms with Crippen LogP contribution in [0.2, 0.25) is 0 Å². The van der Waals surface area contributed by atoms with Gasteiger partial charge in [-0.1, -0.05) is 30.4 Å². The maximum Gasteiger partial charge on any atom is 0.326 e. The summed E-state index contributed by atoms with van der Waals surface area (Å²) in [6, 6.07) is 13.4. The van der Waals surface area contributed by atoms with Crippen LogP contribution in [-0.4, -0.2) is 47.2 Å². The lowest BCUT2D eigenvalue weighted by Crippen LogP contribution is -2.42. The Morgan fingerprint density at radius 1 is 1.16 bits per heavy atom. The molecule has 0 aliphatic carbocycles. The van der Waals surface area contributed by atoms with Gasteiger partial charge in [-0.3, -0.25) is 9.36 Å². The van der Waals surface area contributed by atoms with E-state index in [1.165, 1.54) is 0 Å². The molecule has 31 heavy (non-hydrogen) atoms. The van der Waals surface area contributed by atoms with Crippen molar-refractivity contribution in [3.8, 4) is 11.5 Å². The van der Waals surface area contributed by atoms with Crippen molar-refractivity contribution in [1.82, 2.24) is 14.5 Å². The molecule has 0 unspecified atom stereocenters. The molecule has 1 saturated heterocycles. The van der Waals surface area contributed by atoms with E-state index in [4.69, 9.17) is 9.47 Å². The number of imidazole rings is 1. The smallest absolute Gasteiger partial charge is 0.326 e. The van der Waals surface area contributed by atoms with Crippen LogP contribution in [0.3, 0.4) is 0 Å². The van der Waals surface area contributed by atoms with Crippen molar-refractivity contribution in [2.75, 3.05) is 26.8 Å². The van der Waals surface area contributed by atoms with E-state index in [9.17, 15) is 9.59 Å². The predicted molar refractivity (Wildman–Crippen MR) is 121 cm³/mol. The second-order valence-corrected chi connectivity index (χ2v) is 7.63. The maximum atomic E-state index is 12.7. The Hall–Kier alpha value is -3.48. The quantitative estimate of drug-likeness (QED) is 0.660. The molecule has 1 aromatic heterocycles. The normalized spacial score (nSPS) is 15.0. The molecule has 1 N–H and O–H groups in total. The summed E-state index contributed by atoms with van der Waals surface area (Å²) in [7, 11) is 1.58. The lowest BCUT2D eigenvalue weighted by molar-refractivity contribution is -0.134. The number of benzene rings is 2. The SMILES string of the molecule is C/C=C/c1ccc(OCC(=O)N2CCC(n3c(=O)[nH]c4ccccc43)CC2)c(OC)c1. The third-order valence-corrected chi connectivity index (χ3v) is 5.70. The molecule has 0 bridgehead atoms. The Labute approximate surface area is 180 Å². The van der Waals surface area contributed by atoms with E-state index in [0.29, 0.717) is 24.6 Å². The zero-order valence-electron chi connectivity index (χ0n) is 17.8. The van der Waals surface area contributed by atoms with Gasteiger partial charge in [0.1, 0.15) is 0 Å². The molecule has 1 aliphatic heterocycles. The van der Waals surface area contributed by atoms with Gasteiger partial charge in [0.05, 0.1) is 18.1 Å². The fraction of sp³-hybridized carbons (Fsp3) is 0.333. The minimum absolute atomic E-state index is 0.0446. The molecule has 0 spiro atoms. The first-order chi connectivity index (χ1) is 15.1. The van der Waals surface area contributed by atoms with E-state index in [-0.39, 0.29) is 24.2 Å². The molecular weight excluding hydrogens is 394 g/mol. The zero-order valence-corrected chi connectivity index (χ0v) is 17.8. The zero-order chi connectivity index (χ0) is 21.8. The molecule has 2 aromatic carbocycles. The lowest BCUT2D eigenvalue weighted by atomic mass is 10.0. The highest BCUT2D eigenvalue weighted by Crippen LogP contribution is 2.29. The highest BCUT2D eigenvalue weighted by Gasteiger charge is 2.26. The number of nitrogens with zero attached hydrogens (tertiary/aromatic N) is 2. The fourth-order valence-electron chi connectivity index (χ4n) is 4.14. The first kappa shape index (κ1) is 20.8. The predicted octanol–water partition coefficient (Wildman–Crippen LogP) is 3.61. The molecule has 1 aliphatic rings. The minimum atomic E-state index is -0.0947. The number of piperidine rings is 1. The van der Waals surface area contributed by atoms with Gasteiger partial charge in [0.25, 0.3) is 5.91 Å². The van der Waals surface area contributed by atoms with Gasteiger partial charge in [-0.2, -0.15) is 0 Å². The second-order valence-electron chi connectivity index (χ2n) is 7.63. The van der Waals surface area contributed by atoms with Crippen molar-refractivity contribution in [3.05, 3.63) is 64.6 Å². The molecule has 1 amide bonds. The number of allylic oxidation sites excluding steroid dienone is 1. The molecule has 2 heterocycles. The Balaban J connectivity index is 1.37. The highest BCUT2D eigenvalue weighted by atomic mass is 16.5. The van der Waals surface area contributed by atoms with Crippen LogP contribution in [0.1, 0.15) is 31.4 Å². The summed E-state index contributed by atoms with van der Waals surface area (Å²) >= 11 is 0. The number of fused-ring (bicyclic) bond motifs is 1. The standard InChI is InChI=1S/C24H27N3O4/c1-3-6-17-9-10-21(22(15-17)30-2)31-16-23(28)26-13-11-18(12-14-26)27-20-8-5-4-7-19(20)25-24(27)29/h3-10,15,18H,11-14,16H2,1-2H3,(H,25,29)/b6-3+. The van der Waals surface area contributed by atoms with Crippen LogP contribution >= 0.6 is 0 Å². The number of carbonyl (C=O) groups is 1. The van der Waals surface area contributed by atoms with Crippen molar-refractivity contribution < 1.29 is 14.3 Å². The van der Waals surface area contributed by atoms with Gasteiger partial charge in [-0.25, -0.2) is 4.79 Å². The number of H-pyrrole nitrogens is 1. The monoisotopic (exact) mass is 421 g/mol. The van der Waals surface area contributed by atoms with Crippen molar-refractivity contribution >= 4 is 23.0 Å². The summed E-state index contributed by atoms with van der Waals surface area (Å²) in [5.41, 5.74) is 2.67. The molecule has 0 radical (unpaired) electrons. The van der Waals surface area contributed by atoms with Gasteiger partial charge >= 0.3 is 5.69 Å². The largest absolute Gasteiger partial charge is 0.493 e. The first-order valence-corrected chi connectivity index (χ1v) is 10.5. The van der Waals surface area contributed by atoms with Crippen LogP contribution < -0.4 is 15.2 Å². The number of carbonyl (C=O) groups excluding carboxylic acids is 1. The molecule has 0 atom stereocenters. The summed E-state index contributed by atoms with van der Waals surface area (Å²) in [6.07, 6.45) is 5.39. The molecule has 4 rings (SSSR count). The van der Waals surface area contributed by atoms with Crippen LogP contribution in [0.25, 0.3) is 17.1 Å². The van der Waals surface area contributed by atoms with E-state index in [1.54, 1.807) is 12.0 Å². The number of amides is 1. The summed E-state index contributed by atoms with van der Waals surface area (Å²) in [4.78, 5) is 29.8. The summed E-state index contributed by atoms with van der Waals surface area (Å²) in [5, 5.41) is 0. The molecule has 7 heteroatoms. The third-order valence-electron chi connectivity index (χ3n) is 5.70. The van der Waals surface area contributed by atoms with Crippen LogP contribution in [0.5, 0.6) is 11.5 Å². The molecule has 0 saturated carbocycles. The molecule has 1 fully saturated rings. The Morgan fingerprint density at radius 3 is 2.68 bits per heavy atom. The van der Waals surface area contributed by atoms with Crippen LogP contribution in [0.15, 0.2) is 53.3 Å². The molecule has 3 aromatic rings. The molecular formula is C24H27N3O4. The fourth-order valence-corrected chi connectivity index (χ4v) is 4.14. The molecule has 7 nitrogen and oxygen atoms in total. The van der Waals surface area contributed by atoms with Crippen molar-refractivity contribution in [2.45, 2.75) is 25.8 Å². The number of aromatic nitrogens is 2. The van der Waals surface area contributed by atoms with Gasteiger partial charge in [0.2, 0.25) is 0 Å². The van der Waals surface area contributed by atoms with Crippen molar-refractivity contribution in [3.63, 3.8) is 0 Å². The number of para-hydroxylation sites is 2. The Morgan fingerprint density at radius 2 is 1.94 bits per heavy atom. The van der Waals surface area contributed by atoms with Crippen LogP contribution in [-0.2, 0) is 4.79 Å². The number of methoxy groups -OCH3 is 1. The first-order valence-electron chi connectivity index (χ1n) is 10.5. The summed E-state index contributed by atoms with van der Waals surface area (Å²) in [6.45, 7) is 3.09. The average Bonchev–Trinajstić information content (AvgIpc) is 3.13. The number of aromatic amines is 1. The van der Waals surface area contributed by atoms with Crippen molar-refractivity contribution in [1.29, 1.82) is 0 Å². The Kier molecular flexibility index (Phi) is 6.11. The Bertz CT molecular complexity index is 1150. The number of nitrogens with one attached hydrogen (secondary N) is 1. The van der Waals surface area contributed by atoms with Gasteiger partial charge in [-0.05, 0) is 49.6 Å². The maximum absolute atomic E-state index is 12.7.